The maximum atomic E-state index is 11.2. The number of hydrogen-bond donors (Lipinski definition) is 0. The van der Waals surface area contributed by atoms with Crippen LogP contribution in [0.25, 0.3) is 0 Å². The van der Waals surface area contributed by atoms with Gasteiger partial charge in [-0.15, -0.1) is 0 Å². The summed E-state index contributed by atoms with van der Waals surface area (Å²) in [6.07, 6.45) is 12.9. The minimum absolute atomic E-state index is 0.224. The molecule has 35 heavy (non-hydrogen) atoms. The van der Waals surface area contributed by atoms with Crippen LogP contribution in [0.2, 0.25) is 0 Å². The average molecular weight is 477 g/mol. The second-order valence-electron chi connectivity index (χ2n) is 10.7. The third-order valence-corrected chi connectivity index (χ3v) is 8.08. The van der Waals surface area contributed by atoms with E-state index in [1.165, 1.54) is 60.8 Å². The lowest BCUT2D eigenvalue weighted by molar-refractivity contribution is -0.178. The third kappa shape index (κ3) is 7.27. The fourth-order valence-electron chi connectivity index (χ4n) is 5.94. The lowest BCUT2D eigenvalue weighted by Crippen LogP contribution is -2.34. The van der Waals surface area contributed by atoms with Crippen LogP contribution in [0.15, 0.2) is 48.5 Å². The van der Waals surface area contributed by atoms with Gasteiger partial charge in [0.1, 0.15) is 5.78 Å². The van der Waals surface area contributed by atoms with Crippen LogP contribution in [0.1, 0.15) is 112 Å². The van der Waals surface area contributed by atoms with Crippen molar-refractivity contribution in [2.24, 2.45) is 0 Å². The third-order valence-electron chi connectivity index (χ3n) is 8.08. The van der Waals surface area contributed by atoms with Gasteiger partial charge in [-0.05, 0) is 72.6 Å². The van der Waals surface area contributed by atoms with Gasteiger partial charge in [-0.3, -0.25) is 4.79 Å². The summed E-state index contributed by atoms with van der Waals surface area (Å²) in [6, 6.07) is 18.2. The number of Topliss-reactive ketones (excluding diaryl/α,β-unsaturated/α-hetero) is 1. The summed E-state index contributed by atoms with van der Waals surface area (Å²) in [4.78, 5) is 11.2. The van der Waals surface area contributed by atoms with Crippen LogP contribution in [0.4, 0.5) is 0 Å². The molecule has 2 aliphatic carbocycles. The molecule has 0 aromatic heterocycles. The normalized spacial score (nSPS) is 20.6. The SMILES string of the molecule is CCCc1ccc(C2CCC(=O)CC2)cc1.CCCc1ccc(C2CCC3(CC2)OCCO3)cc1. The van der Waals surface area contributed by atoms with E-state index in [4.69, 9.17) is 9.47 Å². The van der Waals surface area contributed by atoms with Crippen molar-refractivity contribution < 1.29 is 14.3 Å². The number of benzene rings is 2. The van der Waals surface area contributed by atoms with Crippen LogP contribution in [0.5, 0.6) is 0 Å². The van der Waals surface area contributed by atoms with Crippen molar-refractivity contribution >= 4 is 5.78 Å². The minimum atomic E-state index is -0.224. The summed E-state index contributed by atoms with van der Waals surface area (Å²) < 4.78 is 11.6. The smallest absolute Gasteiger partial charge is 0.168 e. The van der Waals surface area contributed by atoms with Crippen molar-refractivity contribution in [3.63, 3.8) is 0 Å². The van der Waals surface area contributed by atoms with Gasteiger partial charge in [0.15, 0.2) is 5.79 Å². The molecule has 0 N–H and O–H groups in total. The summed E-state index contributed by atoms with van der Waals surface area (Å²) in [6.45, 7) is 5.99. The maximum absolute atomic E-state index is 11.2. The molecule has 2 aromatic carbocycles. The number of carbonyl (C=O) groups excluding carboxylic acids is 1. The van der Waals surface area contributed by atoms with E-state index in [9.17, 15) is 4.79 Å². The zero-order valence-corrected chi connectivity index (χ0v) is 21.9. The number of carbonyl (C=O) groups is 1. The Balaban J connectivity index is 0.000000168. The predicted octanol–water partition coefficient (Wildman–Crippen LogP) is 7.91. The van der Waals surface area contributed by atoms with E-state index in [-0.39, 0.29) is 5.79 Å². The fourth-order valence-corrected chi connectivity index (χ4v) is 5.94. The molecule has 3 fully saturated rings. The molecule has 0 bridgehead atoms. The highest BCUT2D eigenvalue weighted by Gasteiger charge is 2.40. The quantitative estimate of drug-likeness (QED) is 0.425. The zero-order chi connectivity index (χ0) is 24.5. The molecule has 0 atom stereocenters. The van der Waals surface area contributed by atoms with Crippen LogP contribution in [-0.2, 0) is 27.1 Å². The van der Waals surface area contributed by atoms with Crippen LogP contribution >= 0.6 is 0 Å². The van der Waals surface area contributed by atoms with E-state index in [1.807, 2.05) is 0 Å². The molecule has 2 aromatic rings. The van der Waals surface area contributed by atoms with Gasteiger partial charge in [-0.2, -0.15) is 0 Å². The molecule has 1 spiro atoms. The molecule has 3 heteroatoms. The molecular weight excluding hydrogens is 432 g/mol. The Morgan fingerprint density at radius 1 is 0.686 bits per heavy atom. The Labute approximate surface area is 212 Å². The number of ketones is 1. The lowest BCUT2D eigenvalue weighted by Gasteiger charge is -2.35. The standard InChI is InChI=1S/C17H24O2.C15H20O/c1-2-3-14-4-6-15(7-5-14)16-8-10-17(11-9-16)18-12-13-19-17;1-2-3-12-4-6-13(7-5-12)14-8-10-15(16)11-9-14/h4-7,16H,2-3,8-13H2,1H3;4-7,14H,2-3,8-11H2,1H3. The number of ether oxygens (including phenoxy) is 2. The molecular formula is C32H44O3. The maximum Gasteiger partial charge on any atom is 0.168 e. The summed E-state index contributed by atoms with van der Waals surface area (Å²) in [5, 5.41) is 0. The van der Waals surface area contributed by atoms with Crippen molar-refractivity contribution in [1.29, 1.82) is 0 Å². The Morgan fingerprint density at radius 2 is 1.11 bits per heavy atom. The second kappa shape index (κ2) is 12.8. The topological polar surface area (TPSA) is 35.5 Å². The van der Waals surface area contributed by atoms with E-state index in [0.717, 1.165) is 51.7 Å². The highest BCUT2D eigenvalue weighted by Crippen LogP contribution is 2.42. The second-order valence-corrected chi connectivity index (χ2v) is 10.7. The Morgan fingerprint density at radius 3 is 1.54 bits per heavy atom. The highest BCUT2D eigenvalue weighted by atomic mass is 16.7. The molecule has 0 unspecified atom stereocenters. The van der Waals surface area contributed by atoms with E-state index < -0.39 is 0 Å². The first-order chi connectivity index (χ1) is 17.1. The van der Waals surface area contributed by atoms with E-state index in [0.29, 0.717) is 17.6 Å². The van der Waals surface area contributed by atoms with Gasteiger partial charge in [0.25, 0.3) is 0 Å². The van der Waals surface area contributed by atoms with Gasteiger partial charge in [0, 0.05) is 25.7 Å². The monoisotopic (exact) mass is 476 g/mol. The highest BCUT2D eigenvalue weighted by molar-refractivity contribution is 5.79. The molecule has 2 saturated carbocycles. The summed E-state index contributed by atoms with van der Waals surface area (Å²) in [7, 11) is 0. The minimum Gasteiger partial charge on any atom is -0.348 e. The molecule has 0 radical (unpaired) electrons. The molecule has 3 aliphatic rings. The molecule has 1 heterocycles. The molecule has 1 aliphatic heterocycles. The van der Waals surface area contributed by atoms with Crippen LogP contribution in [0.3, 0.4) is 0 Å². The van der Waals surface area contributed by atoms with E-state index >= 15 is 0 Å². The first-order valence-electron chi connectivity index (χ1n) is 14.1. The molecule has 1 saturated heterocycles. The van der Waals surface area contributed by atoms with Gasteiger partial charge >= 0.3 is 0 Å². The summed E-state index contributed by atoms with van der Waals surface area (Å²) >= 11 is 0. The average Bonchev–Trinajstić information content (AvgIpc) is 3.35. The van der Waals surface area contributed by atoms with Crippen LogP contribution < -0.4 is 0 Å². The predicted molar refractivity (Wildman–Crippen MR) is 143 cm³/mol. The van der Waals surface area contributed by atoms with E-state index in [2.05, 4.69) is 62.4 Å². The molecule has 3 nitrogen and oxygen atoms in total. The van der Waals surface area contributed by atoms with Gasteiger partial charge < -0.3 is 9.47 Å². The summed E-state index contributed by atoms with van der Waals surface area (Å²) in [5.74, 6) is 1.53. The van der Waals surface area contributed by atoms with Crippen molar-refractivity contribution in [2.75, 3.05) is 13.2 Å². The van der Waals surface area contributed by atoms with Gasteiger partial charge in [-0.1, -0.05) is 75.2 Å². The first-order valence-corrected chi connectivity index (χ1v) is 14.1. The van der Waals surface area contributed by atoms with Crippen molar-refractivity contribution in [3.05, 3.63) is 70.8 Å². The molecule has 0 amide bonds. The molecule has 190 valence electrons. The van der Waals surface area contributed by atoms with Gasteiger partial charge in [0.05, 0.1) is 13.2 Å². The van der Waals surface area contributed by atoms with Gasteiger partial charge in [0.2, 0.25) is 0 Å². The molecule has 5 rings (SSSR count). The Bertz CT molecular complexity index is 889. The van der Waals surface area contributed by atoms with Crippen molar-refractivity contribution in [3.8, 4) is 0 Å². The largest absolute Gasteiger partial charge is 0.348 e. The first kappa shape index (κ1) is 26.1. The zero-order valence-electron chi connectivity index (χ0n) is 21.9. The number of rotatable bonds is 6. The van der Waals surface area contributed by atoms with Crippen molar-refractivity contribution in [1.82, 2.24) is 0 Å². The Kier molecular flexibility index (Phi) is 9.57. The van der Waals surface area contributed by atoms with Crippen LogP contribution in [-0.4, -0.2) is 24.8 Å². The van der Waals surface area contributed by atoms with Gasteiger partial charge in [-0.25, -0.2) is 0 Å². The van der Waals surface area contributed by atoms with Crippen LogP contribution in [0, 0.1) is 0 Å². The number of aryl methyl sites for hydroxylation is 2. The van der Waals surface area contributed by atoms with Crippen molar-refractivity contribution in [2.45, 2.75) is 109 Å². The lowest BCUT2D eigenvalue weighted by atomic mass is 9.81. The summed E-state index contributed by atoms with van der Waals surface area (Å²) in [5.41, 5.74) is 5.80. The Hall–Kier alpha value is -1.97. The number of hydrogen-bond acceptors (Lipinski definition) is 3. The fraction of sp³-hybridized carbons (Fsp3) is 0.594. The van der Waals surface area contributed by atoms with E-state index in [1.54, 1.807) is 0 Å².